The molecule has 1 aliphatic rings. The molecule has 2 rings (SSSR count). The van der Waals surface area contributed by atoms with E-state index < -0.39 is 19.9 Å². The third kappa shape index (κ3) is 4.52. The van der Waals surface area contributed by atoms with Crippen LogP contribution in [0.25, 0.3) is 0 Å². The van der Waals surface area contributed by atoms with Crippen molar-refractivity contribution in [3.8, 4) is 0 Å². The lowest BCUT2D eigenvalue weighted by Crippen LogP contribution is -2.24. The van der Waals surface area contributed by atoms with Crippen LogP contribution in [0, 0.1) is 0 Å². The zero-order chi connectivity index (χ0) is 15.5. The molecule has 0 unspecified atom stereocenters. The van der Waals surface area contributed by atoms with Crippen molar-refractivity contribution in [2.24, 2.45) is 0 Å². The Bertz CT molecular complexity index is 672. The predicted octanol–water partition coefficient (Wildman–Crippen LogP) is 1.49. The van der Waals surface area contributed by atoms with Crippen LogP contribution in [0.2, 0.25) is 0 Å². The number of hydrogen-bond acceptors (Lipinski definition) is 4. The number of hydrogen-bond donors (Lipinski definition) is 1. The molecule has 118 valence electrons. The first-order valence-corrected chi connectivity index (χ1v) is 10.5. The van der Waals surface area contributed by atoms with Crippen molar-refractivity contribution in [1.29, 1.82) is 0 Å². The second-order valence-electron chi connectivity index (χ2n) is 5.51. The molecule has 1 aromatic carbocycles. The molecule has 0 radical (unpaired) electrons. The second kappa shape index (κ2) is 6.46. The summed E-state index contributed by atoms with van der Waals surface area (Å²) in [6, 6.07) is 6.77. The lowest BCUT2D eigenvalue weighted by atomic mass is 10.2. The molecule has 1 fully saturated rings. The van der Waals surface area contributed by atoms with Gasteiger partial charge in [-0.3, -0.25) is 0 Å². The summed E-state index contributed by atoms with van der Waals surface area (Å²) < 4.78 is 49.1. The quantitative estimate of drug-likeness (QED) is 0.856. The molecule has 0 bridgehead atoms. The molecule has 21 heavy (non-hydrogen) atoms. The SMILES string of the molecule is CS(=O)(=O)NCCc1ccc(S(=O)(=O)C2CCCC2)cc1. The summed E-state index contributed by atoms with van der Waals surface area (Å²) in [4.78, 5) is 0.370. The summed E-state index contributed by atoms with van der Waals surface area (Å²) in [5.74, 6) is 0. The smallest absolute Gasteiger partial charge is 0.208 e. The maximum absolute atomic E-state index is 12.4. The molecule has 5 nitrogen and oxygen atoms in total. The Morgan fingerprint density at radius 3 is 2.14 bits per heavy atom. The van der Waals surface area contributed by atoms with E-state index in [2.05, 4.69) is 4.72 Å². The summed E-state index contributed by atoms with van der Waals surface area (Å²) in [5.41, 5.74) is 0.913. The Hall–Kier alpha value is -0.920. The first-order valence-electron chi connectivity index (χ1n) is 7.06. The van der Waals surface area contributed by atoms with Gasteiger partial charge in [0.05, 0.1) is 16.4 Å². The Balaban J connectivity index is 2.01. The van der Waals surface area contributed by atoms with Crippen molar-refractivity contribution in [2.75, 3.05) is 12.8 Å². The summed E-state index contributed by atoms with van der Waals surface area (Å²) in [6.45, 7) is 0.313. The first-order chi connectivity index (χ1) is 9.79. The Morgan fingerprint density at radius 2 is 1.62 bits per heavy atom. The molecule has 0 aliphatic heterocycles. The fourth-order valence-corrected chi connectivity index (χ4v) is 4.94. The standard InChI is InChI=1S/C14H21NO4S2/c1-20(16,17)15-11-10-12-6-8-14(9-7-12)21(18,19)13-4-2-3-5-13/h6-9,13,15H,2-5,10-11H2,1H3. The third-order valence-corrected chi connectivity index (χ3v) is 6.78. The van der Waals surface area contributed by atoms with Gasteiger partial charge in [-0.25, -0.2) is 21.6 Å². The van der Waals surface area contributed by atoms with Crippen molar-refractivity contribution in [3.63, 3.8) is 0 Å². The molecule has 0 atom stereocenters. The fourth-order valence-electron chi connectivity index (χ4n) is 2.62. The van der Waals surface area contributed by atoms with Gasteiger partial charge in [-0.15, -0.1) is 0 Å². The molecule has 0 amide bonds. The summed E-state index contributed by atoms with van der Waals surface area (Å²) in [6.07, 6.45) is 5.13. The van der Waals surface area contributed by atoms with Gasteiger partial charge in [0, 0.05) is 6.54 Å². The highest BCUT2D eigenvalue weighted by Crippen LogP contribution is 2.29. The minimum atomic E-state index is -3.21. The van der Waals surface area contributed by atoms with E-state index in [1.165, 1.54) is 0 Å². The number of sulfone groups is 1. The van der Waals surface area contributed by atoms with Gasteiger partial charge in [0.1, 0.15) is 0 Å². The van der Waals surface area contributed by atoms with E-state index in [4.69, 9.17) is 0 Å². The molecule has 7 heteroatoms. The summed E-state index contributed by atoms with van der Waals surface area (Å²) in [7, 11) is -6.39. The van der Waals surface area contributed by atoms with E-state index in [0.717, 1.165) is 37.5 Å². The van der Waals surface area contributed by atoms with Crippen LogP contribution >= 0.6 is 0 Å². The lowest BCUT2D eigenvalue weighted by molar-refractivity contribution is 0.579. The number of sulfonamides is 1. The van der Waals surface area contributed by atoms with Crippen molar-refractivity contribution in [3.05, 3.63) is 29.8 Å². The molecule has 0 spiro atoms. The highest BCUT2D eigenvalue weighted by Gasteiger charge is 2.29. The van der Waals surface area contributed by atoms with Crippen molar-refractivity contribution in [1.82, 2.24) is 4.72 Å². The topological polar surface area (TPSA) is 80.3 Å². The van der Waals surface area contributed by atoms with Crippen molar-refractivity contribution < 1.29 is 16.8 Å². The molecule has 1 aromatic rings. The maximum Gasteiger partial charge on any atom is 0.208 e. The van der Waals surface area contributed by atoms with Crippen LogP contribution in [0.15, 0.2) is 29.2 Å². The molecule has 0 aromatic heterocycles. The van der Waals surface area contributed by atoms with E-state index in [9.17, 15) is 16.8 Å². The van der Waals surface area contributed by atoms with E-state index in [1.807, 2.05) is 0 Å². The number of benzene rings is 1. The van der Waals surface area contributed by atoms with Crippen LogP contribution in [-0.4, -0.2) is 34.9 Å². The zero-order valence-corrected chi connectivity index (χ0v) is 13.7. The number of nitrogens with one attached hydrogen (secondary N) is 1. The molecule has 0 heterocycles. The second-order valence-corrected chi connectivity index (χ2v) is 9.57. The highest BCUT2D eigenvalue weighted by atomic mass is 32.2. The number of rotatable bonds is 6. The van der Waals surface area contributed by atoms with E-state index in [0.29, 0.717) is 17.9 Å². The molecule has 1 N–H and O–H groups in total. The summed E-state index contributed by atoms with van der Waals surface area (Å²) >= 11 is 0. The molecule has 0 saturated heterocycles. The Labute approximate surface area is 126 Å². The van der Waals surface area contributed by atoms with Crippen LogP contribution in [0.1, 0.15) is 31.2 Å². The van der Waals surface area contributed by atoms with Crippen LogP contribution in [0.5, 0.6) is 0 Å². The Kier molecular flexibility index (Phi) is 5.06. The maximum atomic E-state index is 12.4. The highest BCUT2D eigenvalue weighted by molar-refractivity contribution is 7.92. The Morgan fingerprint density at radius 1 is 1.05 bits per heavy atom. The molecular weight excluding hydrogens is 310 g/mol. The monoisotopic (exact) mass is 331 g/mol. The van der Waals surface area contributed by atoms with Gasteiger partial charge < -0.3 is 0 Å². The van der Waals surface area contributed by atoms with Crippen LogP contribution in [-0.2, 0) is 26.3 Å². The minimum Gasteiger partial charge on any atom is -0.223 e. The minimum absolute atomic E-state index is 0.241. The summed E-state index contributed by atoms with van der Waals surface area (Å²) in [5, 5.41) is -0.241. The van der Waals surface area contributed by atoms with Gasteiger partial charge in [0.25, 0.3) is 0 Å². The van der Waals surface area contributed by atoms with E-state index in [-0.39, 0.29) is 5.25 Å². The molecule has 1 saturated carbocycles. The zero-order valence-electron chi connectivity index (χ0n) is 12.1. The van der Waals surface area contributed by atoms with Gasteiger partial charge in [0.2, 0.25) is 10.0 Å². The van der Waals surface area contributed by atoms with Gasteiger partial charge in [-0.2, -0.15) is 0 Å². The van der Waals surface area contributed by atoms with Crippen LogP contribution in [0.4, 0.5) is 0 Å². The third-order valence-electron chi connectivity index (χ3n) is 3.77. The average Bonchev–Trinajstić information content (AvgIpc) is 2.92. The van der Waals surface area contributed by atoms with Gasteiger partial charge in [0.15, 0.2) is 9.84 Å². The van der Waals surface area contributed by atoms with Crippen molar-refractivity contribution >= 4 is 19.9 Å². The van der Waals surface area contributed by atoms with Gasteiger partial charge in [-0.05, 0) is 37.0 Å². The average molecular weight is 331 g/mol. The van der Waals surface area contributed by atoms with Crippen LogP contribution in [0.3, 0.4) is 0 Å². The van der Waals surface area contributed by atoms with Gasteiger partial charge in [-0.1, -0.05) is 25.0 Å². The fraction of sp³-hybridized carbons (Fsp3) is 0.571. The van der Waals surface area contributed by atoms with E-state index >= 15 is 0 Å². The van der Waals surface area contributed by atoms with Gasteiger partial charge >= 0.3 is 0 Å². The normalized spacial score (nSPS) is 17.2. The first kappa shape index (κ1) is 16.5. The molecule has 1 aliphatic carbocycles. The molecular formula is C14H21NO4S2. The van der Waals surface area contributed by atoms with Crippen LogP contribution < -0.4 is 4.72 Å². The lowest BCUT2D eigenvalue weighted by Gasteiger charge is -2.11. The largest absolute Gasteiger partial charge is 0.223 e. The predicted molar refractivity (Wildman–Crippen MR) is 82.4 cm³/mol. The van der Waals surface area contributed by atoms with Crippen molar-refractivity contribution in [2.45, 2.75) is 42.2 Å². The van der Waals surface area contributed by atoms with E-state index in [1.54, 1.807) is 24.3 Å².